The van der Waals surface area contributed by atoms with E-state index < -0.39 is 5.97 Å². The molecule has 4 nitrogen and oxygen atoms in total. The van der Waals surface area contributed by atoms with Gasteiger partial charge in [-0.3, -0.25) is 4.79 Å². The molecule has 0 heterocycles. The van der Waals surface area contributed by atoms with Crippen LogP contribution in [0.3, 0.4) is 0 Å². The lowest BCUT2D eigenvalue weighted by Crippen LogP contribution is -2.27. The highest BCUT2D eigenvalue weighted by Crippen LogP contribution is 2.47. The maximum absolute atomic E-state index is 11.2. The molecule has 1 fully saturated rings. The summed E-state index contributed by atoms with van der Waals surface area (Å²) in [6.45, 7) is 0. The molecule has 2 rings (SSSR count). The molecule has 0 bridgehead atoms. The molecular weight excluding hydrogens is 334 g/mol. The van der Waals surface area contributed by atoms with Gasteiger partial charge >= 0.3 is 5.97 Å². The number of rotatable bonds is 6. The summed E-state index contributed by atoms with van der Waals surface area (Å²) in [6, 6.07) is 5.55. The summed E-state index contributed by atoms with van der Waals surface area (Å²) in [6.07, 6.45) is 4.97. The number of aliphatic carboxylic acids is 1. The third-order valence-corrected chi connectivity index (χ3v) is 4.93. The highest BCUT2D eigenvalue weighted by molar-refractivity contribution is 9.10. The lowest BCUT2D eigenvalue weighted by molar-refractivity contribution is -0.139. The van der Waals surface area contributed by atoms with Gasteiger partial charge in [-0.2, -0.15) is 0 Å². The Morgan fingerprint density at radius 3 is 2.71 bits per heavy atom. The van der Waals surface area contributed by atoms with Crippen molar-refractivity contribution in [2.75, 3.05) is 7.11 Å². The lowest BCUT2D eigenvalue weighted by Gasteiger charge is -2.31. The zero-order valence-electron chi connectivity index (χ0n) is 12.3. The molecule has 1 atom stereocenters. The van der Waals surface area contributed by atoms with Crippen molar-refractivity contribution in [3.05, 3.63) is 28.2 Å². The van der Waals surface area contributed by atoms with E-state index in [1.165, 1.54) is 0 Å². The van der Waals surface area contributed by atoms with Gasteiger partial charge in [0.25, 0.3) is 0 Å². The van der Waals surface area contributed by atoms with Gasteiger partial charge in [-0.25, -0.2) is 0 Å². The van der Waals surface area contributed by atoms with Crippen molar-refractivity contribution in [3.8, 4) is 5.75 Å². The number of nitrogens with two attached hydrogens (primary N) is 1. The van der Waals surface area contributed by atoms with E-state index in [1.54, 1.807) is 7.11 Å². The van der Waals surface area contributed by atoms with Gasteiger partial charge in [-0.05, 0) is 42.9 Å². The molecular formula is C16H22BrNO3. The highest BCUT2D eigenvalue weighted by atomic mass is 79.9. The van der Waals surface area contributed by atoms with E-state index in [0.29, 0.717) is 6.42 Å². The van der Waals surface area contributed by atoms with Gasteiger partial charge < -0.3 is 15.6 Å². The van der Waals surface area contributed by atoms with Gasteiger partial charge in [0.2, 0.25) is 0 Å². The van der Waals surface area contributed by atoms with Crippen LogP contribution in [0.4, 0.5) is 0 Å². The number of hydrogen-bond donors (Lipinski definition) is 2. The Morgan fingerprint density at radius 2 is 2.14 bits per heavy atom. The minimum absolute atomic E-state index is 0.168. The first kappa shape index (κ1) is 16.3. The van der Waals surface area contributed by atoms with Gasteiger partial charge in [0.05, 0.1) is 13.5 Å². The van der Waals surface area contributed by atoms with Gasteiger partial charge in [-0.15, -0.1) is 0 Å². The molecule has 1 aliphatic rings. The van der Waals surface area contributed by atoms with E-state index in [4.69, 9.17) is 10.5 Å². The number of hydrogen-bond acceptors (Lipinski definition) is 3. The standard InChI is InChI=1S/C16H22BrNO3/c1-21-14-5-4-11(17)8-12(14)13(18)9-16(10-15(19)20)6-2-3-7-16/h4-5,8,13H,2-3,6-7,9-10,18H2,1H3,(H,19,20). The number of benzene rings is 1. The van der Waals surface area contributed by atoms with Crippen LogP contribution in [0.2, 0.25) is 0 Å². The zero-order valence-corrected chi connectivity index (χ0v) is 13.9. The second-order valence-electron chi connectivity index (χ2n) is 5.97. The summed E-state index contributed by atoms with van der Waals surface area (Å²) >= 11 is 3.46. The van der Waals surface area contributed by atoms with E-state index in [0.717, 1.165) is 41.5 Å². The topological polar surface area (TPSA) is 72.5 Å². The molecule has 0 spiro atoms. The van der Waals surface area contributed by atoms with Gasteiger partial charge in [0.15, 0.2) is 0 Å². The van der Waals surface area contributed by atoms with Crippen LogP contribution >= 0.6 is 15.9 Å². The summed E-state index contributed by atoms with van der Waals surface area (Å²) < 4.78 is 6.33. The summed E-state index contributed by atoms with van der Waals surface area (Å²) in [5.41, 5.74) is 7.15. The number of ether oxygens (including phenoxy) is 1. The Labute approximate surface area is 133 Å². The minimum atomic E-state index is -0.731. The molecule has 0 radical (unpaired) electrons. The van der Waals surface area contributed by atoms with Crippen molar-refractivity contribution >= 4 is 21.9 Å². The van der Waals surface area contributed by atoms with Crippen LogP contribution in [-0.4, -0.2) is 18.2 Å². The van der Waals surface area contributed by atoms with Gasteiger partial charge in [0.1, 0.15) is 5.75 Å². The van der Waals surface area contributed by atoms with Crippen LogP contribution in [0.15, 0.2) is 22.7 Å². The number of carboxylic acid groups (broad SMARTS) is 1. The van der Waals surface area contributed by atoms with Gasteiger partial charge in [0, 0.05) is 16.1 Å². The molecule has 3 N–H and O–H groups in total. The third-order valence-electron chi connectivity index (χ3n) is 4.43. The molecule has 21 heavy (non-hydrogen) atoms. The smallest absolute Gasteiger partial charge is 0.303 e. The predicted molar refractivity (Wildman–Crippen MR) is 85.4 cm³/mol. The zero-order chi connectivity index (χ0) is 15.5. The van der Waals surface area contributed by atoms with Crippen molar-refractivity contribution < 1.29 is 14.6 Å². The Kier molecular flexibility index (Phi) is 5.27. The summed E-state index contributed by atoms with van der Waals surface area (Å²) in [5.74, 6) is 0.0273. The van der Waals surface area contributed by atoms with Crippen molar-refractivity contribution in [2.24, 2.45) is 11.1 Å². The van der Waals surface area contributed by atoms with Crippen LogP contribution < -0.4 is 10.5 Å². The first-order valence-corrected chi connectivity index (χ1v) is 8.06. The lowest BCUT2D eigenvalue weighted by atomic mass is 9.76. The van der Waals surface area contributed by atoms with Crippen molar-refractivity contribution in [3.63, 3.8) is 0 Å². The molecule has 1 aromatic carbocycles. The molecule has 1 saturated carbocycles. The molecule has 116 valence electrons. The maximum Gasteiger partial charge on any atom is 0.303 e. The second kappa shape index (κ2) is 6.79. The van der Waals surface area contributed by atoms with Crippen LogP contribution in [0, 0.1) is 5.41 Å². The first-order chi connectivity index (χ1) is 9.96. The highest BCUT2D eigenvalue weighted by Gasteiger charge is 2.38. The van der Waals surface area contributed by atoms with E-state index in [1.807, 2.05) is 18.2 Å². The quantitative estimate of drug-likeness (QED) is 0.811. The molecule has 1 aromatic rings. The molecule has 0 aliphatic heterocycles. The van der Waals surface area contributed by atoms with Gasteiger partial charge in [-0.1, -0.05) is 28.8 Å². The average Bonchev–Trinajstić information content (AvgIpc) is 2.85. The molecule has 1 unspecified atom stereocenters. The largest absolute Gasteiger partial charge is 0.496 e. The third kappa shape index (κ3) is 3.98. The number of carboxylic acids is 1. The number of halogens is 1. The SMILES string of the molecule is COc1ccc(Br)cc1C(N)CC1(CC(=O)O)CCCC1. The maximum atomic E-state index is 11.2. The molecule has 5 heteroatoms. The van der Waals surface area contributed by atoms with Crippen molar-refractivity contribution in [2.45, 2.75) is 44.6 Å². The van der Waals surface area contributed by atoms with E-state index in [9.17, 15) is 9.90 Å². The Balaban J connectivity index is 2.21. The molecule has 0 amide bonds. The predicted octanol–water partition coefficient (Wildman–Crippen LogP) is 3.88. The van der Waals surface area contributed by atoms with Crippen molar-refractivity contribution in [1.29, 1.82) is 0 Å². The summed E-state index contributed by atoms with van der Waals surface area (Å²) in [4.78, 5) is 11.2. The number of methoxy groups -OCH3 is 1. The van der Waals surface area contributed by atoms with Crippen LogP contribution in [0.1, 0.15) is 50.1 Å². The molecule has 0 saturated heterocycles. The fourth-order valence-corrected chi connectivity index (χ4v) is 3.85. The minimum Gasteiger partial charge on any atom is -0.496 e. The van der Waals surface area contributed by atoms with E-state index >= 15 is 0 Å². The monoisotopic (exact) mass is 355 g/mol. The second-order valence-corrected chi connectivity index (χ2v) is 6.89. The Bertz CT molecular complexity index is 512. The van der Waals surface area contributed by atoms with E-state index in [2.05, 4.69) is 15.9 Å². The fraction of sp³-hybridized carbons (Fsp3) is 0.562. The van der Waals surface area contributed by atoms with Crippen LogP contribution in [0.25, 0.3) is 0 Å². The van der Waals surface area contributed by atoms with Crippen LogP contribution in [0.5, 0.6) is 5.75 Å². The summed E-state index contributed by atoms with van der Waals surface area (Å²) in [5, 5.41) is 9.19. The first-order valence-electron chi connectivity index (χ1n) is 7.27. The normalized spacial score (nSPS) is 18.4. The Morgan fingerprint density at radius 1 is 1.48 bits per heavy atom. The van der Waals surface area contributed by atoms with E-state index in [-0.39, 0.29) is 17.9 Å². The van der Waals surface area contributed by atoms with Crippen molar-refractivity contribution in [1.82, 2.24) is 0 Å². The summed E-state index contributed by atoms with van der Waals surface area (Å²) in [7, 11) is 1.63. The molecule has 1 aliphatic carbocycles. The average molecular weight is 356 g/mol. The fourth-order valence-electron chi connectivity index (χ4n) is 3.47. The van der Waals surface area contributed by atoms with Crippen LogP contribution in [-0.2, 0) is 4.79 Å². The number of carbonyl (C=O) groups is 1. The molecule has 0 aromatic heterocycles. The Hall–Kier alpha value is -1.07.